The summed E-state index contributed by atoms with van der Waals surface area (Å²) in [4.78, 5) is 0. The SMILES string of the molecule is CCC(NCC(C)C1CC1)C(C)C. The van der Waals surface area contributed by atoms with Gasteiger partial charge in [-0.05, 0) is 43.6 Å². The van der Waals surface area contributed by atoms with E-state index in [-0.39, 0.29) is 0 Å². The standard InChI is InChI=1S/C12H25N/c1-5-12(9(2)3)13-8-10(4)11-6-7-11/h9-13H,5-8H2,1-4H3. The molecule has 1 aliphatic rings. The lowest BCUT2D eigenvalue weighted by Crippen LogP contribution is -2.36. The van der Waals surface area contributed by atoms with Crippen LogP contribution in [0.5, 0.6) is 0 Å². The quantitative estimate of drug-likeness (QED) is 0.667. The lowest BCUT2D eigenvalue weighted by atomic mass is 10.00. The molecule has 0 aromatic carbocycles. The Hall–Kier alpha value is -0.0400. The van der Waals surface area contributed by atoms with Crippen molar-refractivity contribution in [1.82, 2.24) is 5.32 Å². The van der Waals surface area contributed by atoms with Crippen molar-refractivity contribution in [1.29, 1.82) is 0 Å². The van der Waals surface area contributed by atoms with Gasteiger partial charge in [-0.2, -0.15) is 0 Å². The summed E-state index contributed by atoms with van der Waals surface area (Å²) < 4.78 is 0. The predicted octanol–water partition coefficient (Wildman–Crippen LogP) is 3.06. The molecule has 78 valence electrons. The number of hydrogen-bond donors (Lipinski definition) is 1. The van der Waals surface area contributed by atoms with Crippen molar-refractivity contribution in [3.63, 3.8) is 0 Å². The van der Waals surface area contributed by atoms with Gasteiger partial charge in [-0.1, -0.05) is 27.7 Å². The maximum absolute atomic E-state index is 3.69. The van der Waals surface area contributed by atoms with Crippen LogP contribution >= 0.6 is 0 Å². The highest BCUT2D eigenvalue weighted by atomic mass is 14.9. The highest BCUT2D eigenvalue weighted by Gasteiger charge is 2.27. The summed E-state index contributed by atoms with van der Waals surface area (Å²) in [5, 5.41) is 3.69. The predicted molar refractivity (Wildman–Crippen MR) is 58.8 cm³/mol. The summed E-state index contributed by atoms with van der Waals surface area (Å²) in [6.07, 6.45) is 4.21. The van der Waals surface area contributed by atoms with E-state index in [2.05, 4.69) is 33.0 Å². The largest absolute Gasteiger partial charge is 0.313 e. The summed E-state index contributed by atoms with van der Waals surface area (Å²) in [6.45, 7) is 10.5. The van der Waals surface area contributed by atoms with Crippen LogP contribution in [0.4, 0.5) is 0 Å². The first-order chi connectivity index (χ1) is 6.15. The molecule has 13 heavy (non-hydrogen) atoms. The number of hydrogen-bond acceptors (Lipinski definition) is 1. The third kappa shape index (κ3) is 3.68. The molecular formula is C12H25N. The molecule has 2 atom stereocenters. The fourth-order valence-electron chi connectivity index (χ4n) is 2.02. The van der Waals surface area contributed by atoms with E-state index in [4.69, 9.17) is 0 Å². The summed E-state index contributed by atoms with van der Waals surface area (Å²) in [7, 11) is 0. The Morgan fingerprint density at radius 1 is 1.23 bits per heavy atom. The van der Waals surface area contributed by atoms with Crippen LogP contribution < -0.4 is 5.32 Å². The molecule has 1 nitrogen and oxygen atoms in total. The Labute approximate surface area is 83.3 Å². The second-order valence-electron chi connectivity index (χ2n) is 4.98. The van der Waals surface area contributed by atoms with Gasteiger partial charge >= 0.3 is 0 Å². The molecule has 0 bridgehead atoms. The van der Waals surface area contributed by atoms with Gasteiger partial charge in [0.1, 0.15) is 0 Å². The summed E-state index contributed by atoms with van der Waals surface area (Å²) >= 11 is 0. The average molecular weight is 183 g/mol. The van der Waals surface area contributed by atoms with E-state index >= 15 is 0 Å². The van der Waals surface area contributed by atoms with Crippen molar-refractivity contribution < 1.29 is 0 Å². The van der Waals surface area contributed by atoms with Gasteiger partial charge in [-0.3, -0.25) is 0 Å². The van der Waals surface area contributed by atoms with Crippen LogP contribution in [0.3, 0.4) is 0 Å². The van der Waals surface area contributed by atoms with Gasteiger partial charge in [-0.15, -0.1) is 0 Å². The van der Waals surface area contributed by atoms with Gasteiger partial charge in [0, 0.05) is 6.04 Å². The zero-order chi connectivity index (χ0) is 9.84. The Morgan fingerprint density at radius 2 is 1.85 bits per heavy atom. The van der Waals surface area contributed by atoms with Crippen molar-refractivity contribution in [2.24, 2.45) is 17.8 Å². The van der Waals surface area contributed by atoms with E-state index in [0.717, 1.165) is 23.8 Å². The van der Waals surface area contributed by atoms with Crippen molar-refractivity contribution in [2.75, 3.05) is 6.54 Å². The first-order valence-electron chi connectivity index (χ1n) is 5.88. The van der Waals surface area contributed by atoms with Crippen molar-refractivity contribution in [3.8, 4) is 0 Å². The van der Waals surface area contributed by atoms with Crippen LogP contribution in [0.1, 0.15) is 47.0 Å². The molecule has 1 rings (SSSR count). The second-order valence-corrected chi connectivity index (χ2v) is 4.98. The topological polar surface area (TPSA) is 12.0 Å². The lowest BCUT2D eigenvalue weighted by molar-refractivity contribution is 0.348. The van der Waals surface area contributed by atoms with E-state index in [1.54, 1.807) is 0 Å². The third-order valence-electron chi connectivity index (χ3n) is 3.37. The minimum Gasteiger partial charge on any atom is -0.313 e. The molecule has 0 aromatic rings. The molecule has 0 aliphatic heterocycles. The molecule has 1 saturated carbocycles. The number of nitrogens with one attached hydrogen (secondary N) is 1. The Morgan fingerprint density at radius 3 is 2.23 bits per heavy atom. The molecule has 0 radical (unpaired) electrons. The zero-order valence-corrected chi connectivity index (χ0v) is 9.64. The Kier molecular flexibility index (Phi) is 4.24. The van der Waals surface area contributed by atoms with Crippen molar-refractivity contribution in [3.05, 3.63) is 0 Å². The Bertz CT molecular complexity index is 138. The highest BCUT2D eigenvalue weighted by molar-refractivity contribution is 4.81. The molecular weight excluding hydrogens is 158 g/mol. The van der Waals surface area contributed by atoms with Gasteiger partial charge in [0.25, 0.3) is 0 Å². The van der Waals surface area contributed by atoms with Crippen molar-refractivity contribution in [2.45, 2.75) is 53.0 Å². The van der Waals surface area contributed by atoms with E-state index in [1.165, 1.54) is 25.8 Å². The molecule has 1 heteroatoms. The van der Waals surface area contributed by atoms with E-state index in [9.17, 15) is 0 Å². The smallest absolute Gasteiger partial charge is 0.00875 e. The van der Waals surface area contributed by atoms with Gasteiger partial charge in [0.15, 0.2) is 0 Å². The van der Waals surface area contributed by atoms with Gasteiger partial charge in [-0.25, -0.2) is 0 Å². The summed E-state index contributed by atoms with van der Waals surface area (Å²) in [5.74, 6) is 2.71. The lowest BCUT2D eigenvalue weighted by Gasteiger charge is -2.23. The highest BCUT2D eigenvalue weighted by Crippen LogP contribution is 2.36. The summed E-state index contributed by atoms with van der Waals surface area (Å²) in [5.41, 5.74) is 0. The van der Waals surface area contributed by atoms with Crippen LogP contribution in [0.25, 0.3) is 0 Å². The minimum absolute atomic E-state index is 0.723. The molecule has 0 spiro atoms. The molecule has 0 amide bonds. The maximum Gasteiger partial charge on any atom is 0.00875 e. The molecule has 0 saturated heterocycles. The fraction of sp³-hybridized carbons (Fsp3) is 1.00. The van der Waals surface area contributed by atoms with Crippen LogP contribution in [-0.4, -0.2) is 12.6 Å². The van der Waals surface area contributed by atoms with Crippen LogP contribution in [0, 0.1) is 17.8 Å². The molecule has 2 unspecified atom stereocenters. The van der Waals surface area contributed by atoms with Crippen LogP contribution in [0.15, 0.2) is 0 Å². The molecule has 1 aliphatic carbocycles. The monoisotopic (exact) mass is 183 g/mol. The molecule has 0 aromatic heterocycles. The zero-order valence-electron chi connectivity index (χ0n) is 9.64. The maximum atomic E-state index is 3.69. The summed E-state index contributed by atoms with van der Waals surface area (Å²) in [6, 6.07) is 0.723. The van der Waals surface area contributed by atoms with E-state index < -0.39 is 0 Å². The molecule has 1 fully saturated rings. The third-order valence-corrected chi connectivity index (χ3v) is 3.37. The first kappa shape index (κ1) is 11.0. The van der Waals surface area contributed by atoms with E-state index in [1.807, 2.05) is 0 Å². The van der Waals surface area contributed by atoms with Crippen molar-refractivity contribution >= 4 is 0 Å². The molecule has 1 N–H and O–H groups in total. The normalized spacial score (nSPS) is 21.9. The van der Waals surface area contributed by atoms with Crippen LogP contribution in [-0.2, 0) is 0 Å². The fourth-order valence-corrected chi connectivity index (χ4v) is 2.02. The average Bonchev–Trinajstić information content (AvgIpc) is 2.86. The van der Waals surface area contributed by atoms with Crippen LogP contribution in [0.2, 0.25) is 0 Å². The molecule has 0 heterocycles. The van der Waals surface area contributed by atoms with Gasteiger partial charge < -0.3 is 5.32 Å². The van der Waals surface area contributed by atoms with E-state index in [0.29, 0.717) is 0 Å². The minimum atomic E-state index is 0.723. The Balaban J connectivity index is 2.14. The first-order valence-corrected chi connectivity index (χ1v) is 5.88. The van der Waals surface area contributed by atoms with Gasteiger partial charge in [0.05, 0.1) is 0 Å². The second kappa shape index (κ2) is 4.99. The van der Waals surface area contributed by atoms with Gasteiger partial charge in [0.2, 0.25) is 0 Å². The number of rotatable bonds is 6.